The van der Waals surface area contributed by atoms with Crippen molar-refractivity contribution >= 4 is 11.7 Å². The molecule has 3 aliphatic rings. The smallest absolute Gasteiger partial charge is 0.365 e. The van der Waals surface area contributed by atoms with Crippen LogP contribution in [0.2, 0.25) is 0 Å². The second kappa shape index (κ2) is 7.22. The van der Waals surface area contributed by atoms with Crippen molar-refractivity contribution in [2.45, 2.75) is 31.1 Å². The summed E-state index contributed by atoms with van der Waals surface area (Å²) in [6.07, 6.45) is 1.14. The molecule has 0 bridgehead atoms. The van der Waals surface area contributed by atoms with Gasteiger partial charge in [0.05, 0.1) is 11.6 Å². The Morgan fingerprint density at radius 3 is 2.59 bits per heavy atom. The summed E-state index contributed by atoms with van der Waals surface area (Å²) in [6, 6.07) is 8.05. The Hall–Kier alpha value is -3.56. The summed E-state index contributed by atoms with van der Waals surface area (Å²) < 4.78 is 52.9. The van der Waals surface area contributed by atoms with Crippen LogP contribution in [0.5, 0.6) is 0 Å². The lowest BCUT2D eigenvalue weighted by molar-refractivity contribution is -0.137. The van der Waals surface area contributed by atoms with Crippen molar-refractivity contribution in [1.29, 1.82) is 0 Å². The maximum absolute atomic E-state index is 14.4. The van der Waals surface area contributed by atoms with Crippen LogP contribution < -0.4 is 5.32 Å². The van der Waals surface area contributed by atoms with Gasteiger partial charge in [-0.1, -0.05) is 0 Å². The molecule has 4 heterocycles. The maximum atomic E-state index is 14.4. The number of carbonyl (C=O) groups is 1. The molecule has 4 atom stereocenters. The molecule has 4 unspecified atom stereocenters. The molecule has 2 saturated carbocycles. The maximum Gasteiger partial charge on any atom is 0.417 e. The fourth-order valence-corrected chi connectivity index (χ4v) is 5.68. The minimum atomic E-state index is -4.45. The second-order valence-electron chi connectivity index (χ2n) is 9.15. The molecule has 3 aromatic heterocycles. The molecule has 6 nitrogen and oxygen atoms in total. The van der Waals surface area contributed by atoms with Crippen molar-refractivity contribution in [3.05, 3.63) is 72.1 Å². The average molecular weight is 469 g/mol. The number of aromatic nitrogens is 3. The number of piperidine rings is 1. The summed E-state index contributed by atoms with van der Waals surface area (Å²) in [5.41, 5.74) is -0.254. The number of halogens is 4. The predicted molar refractivity (Wildman–Crippen MR) is 114 cm³/mol. The van der Waals surface area contributed by atoms with Gasteiger partial charge >= 0.3 is 6.18 Å². The summed E-state index contributed by atoms with van der Waals surface area (Å²) in [6.45, 7) is 0.572. The zero-order valence-electron chi connectivity index (χ0n) is 17.8. The quantitative estimate of drug-likeness (QED) is 0.574. The van der Waals surface area contributed by atoms with E-state index < -0.39 is 17.6 Å². The Labute approximate surface area is 192 Å². The van der Waals surface area contributed by atoms with Crippen LogP contribution in [-0.2, 0) is 6.18 Å². The highest BCUT2D eigenvalue weighted by molar-refractivity contribution is 5.99. The molecular formula is C24H19F4N5O. The molecule has 1 amide bonds. The Balaban J connectivity index is 1.26. The molecule has 1 aliphatic heterocycles. The molecule has 3 aromatic rings. The number of hydrogen-bond donors (Lipinski definition) is 1. The summed E-state index contributed by atoms with van der Waals surface area (Å²) >= 11 is 0. The summed E-state index contributed by atoms with van der Waals surface area (Å²) in [7, 11) is 0. The first kappa shape index (κ1) is 21.0. The Morgan fingerprint density at radius 1 is 1.06 bits per heavy atom. The zero-order valence-corrected chi connectivity index (χ0v) is 17.8. The van der Waals surface area contributed by atoms with Crippen molar-refractivity contribution in [1.82, 2.24) is 19.9 Å². The molecule has 1 spiro atoms. The van der Waals surface area contributed by atoms with Gasteiger partial charge in [-0.15, -0.1) is 0 Å². The first-order valence-corrected chi connectivity index (χ1v) is 10.9. The standard InChI is InChI=1S/C24H19F4N5O/c25-16-4-2-8-29-19(16)15-3-1-7-30-20(15)22(34)33-12-14-9-23(14)10-17(21(23)33)32-18-6-5-13(11-31-18)24(26,27)28/h1-8,11,14,17,21H,9-10,12H2,(H,31,32). The van der Waals surface area contributed by atoms with E-state index in [-0.39, 0.29) is 34.8 Å². The van der Waals surface area contributed by atoms with E-state index in [9.17, 15) is 22.4 Å². The highest BCUT2D eigenvalue weighted by Crippen LogP contribution is 2.71. The fourth-order valence-electron chi connectivity index (χ4n) is 5.68. The molecule has 2 aliphatic carbocycles. The van der Waals surface area contributed by atoms with Crippen molar-refractivity contribution in [2.75, 3.05) is 11.9 Å². The molecule has 34 heavy (non-hydrogen) atoms. The van der Waals surface area contributed by atoms with Gasteiger partial charge in [0.25, 0.3) is 5.91 Å². The first-order chi connectivity index (χ1) is 16.3. The number of amides is 1. The van der Waals surface area contributed by atoms with Crippen LogP contribution in [0.1, 0.15) is 28.9 Å². The minimum Gasteiger partial charge on any atom is -0.365 e. The summed E-state index contributed by atoms with van der Waals surface area (Å²) in [5.74, 6) is -0.122. The number of likely N-dealkylation sites (tertiary alicyclic amines) is 1. The van der Waals surface area contributed by atoms with Gasteiger partial charge in [-0.2, -0.15) is 13.2 Å². The van der Waals surface area contributed by atoms with E-state index in [2.05, 4.69) is 20.3 Å². The predicted octanol–water partition coefficient (Wildman–Crippen LogP) is 4.41. The molecule has 3 fully saturated rings. The monoisotopic (exact) mass is 469 g/mol. The third-order valence-corrected chi connectivity index (χ3v) is 7.31. The topological polar surface area (TPSA) is 71.0 Å². The van der Waals surface area contributed by atoms with Gasteiger partial charge in [-0.05, 0) is 60.6 Å². The molecule has 174 valence electrons. The van der Waals surface area contributed by atoms with Crippen LogP contribution >= 0.6 is 0 Å². The Bertz CT molecular complexity index is 1280. The van der Waals surface area contributed by atoms with Crippen molar-refractivity contribution in [3.63, 3.8) is 0 Å². The van der Waals surface area contributed by atoms with E-state index in [1.54, 1.807) is 17.0 Å². The van der Waals surface area contributed by atoms with Gasteiger partial charge in [-0.3, -0.25) is 14.8 Å². The van der Waals surface area contributed by atoms with Gasteiger partial charge in [-0.25, -0.2) is 9.37 Å². The molecule has 1 saturated heterocycles. The van der Waals surface area contributed by atoms with Gasteiger partial charge in [0.1, 0.15) is 23.0 Å². The largest absolute Gasteiger partial charge is 0.417 e. The summed E-state index contributed by atoms with van der Waals surface area (Å²) in [4.78, 5) is 27.6. The SMILES string of the molecule is O=C(c1ncccc1-c1ncccc1F)N1CC2CC23CC(Nc2ccc(C(F)(F)F)cn2)C13. The lowest BCUT2D eigenvalue weighted by atomic mass is 9.71. The number of hydrogen-bond acceptors (Lipinski definition) is 5. The molecule has 0 radical (unpaired) electrons. The van der Waals surface area contributed by atoms with Crippen molar-refractivity contribution in [2.24, 2.45) is 11.3 Å². The van der Waals surface area contributed by atoms with Crippen molar-refractivity contribution in [3.8, 4) is 11.3 Å². The normalized spacial score (nSPS) is 26.9. The Kier molecular flexibility index (Phi) is 4.46. The highest BCUT2D eigenvalue weighted by atomic mass is 19.4. The number of pyridine rings is 3. The Morgan fingerprint density at radius 2 is 1.85 bits per heavy atom. The van der Waals surface area contributed by atoms with Crippen molar-refractivity contribution < 1.29 is 22.4 Å². The fraction of sp³-hybridized carbons (Fsp3) is 0.333. The van der Waals surface area contributed by atoms with Gasteiger partial charge in [0.2, 0.25) is 0 Å². The minimum absolute atomic E-state index is 0.0322. The van der Waals surface area contributed by atoms with Crippen LogP contribution in [0.25, 0.3) is 11.3 Å². The zero-order chi connectivity index (χ0) is 23.7. The summed E-state index contributed by atoms with van der Waals surface area (Å²) in [5, 5.41) is 3.21. The van der Waals surface area contributed by atoms with Crippen LogP contribution in [0.15, 0.2) is 55.0 Å². The van der Waals surface area contributed by atoms with Gasteiger partial charge in [0.15, 0.2) is 0 Å². The van der Waals surface area contributed by atoms with E-state index in [1.807, 2.05) is 0 Å². The van der Waals surface area contributed by atoms with E-state index in [4.69, 9.17) is 0 Å². The average Bonchev–Trinajstić information content (AvgIpc) is 3.47. The van der Waals surface area contributed by atoms with E-state index >= 15 is 0 Å². The third kappa shape index (κ3) is 3.15. The number of nitrogens with one attached hydrogen (secondary N) is 1. The number of nitrogens with zero attached hydrogens (tertiary/aromatic N) is 4. The molecule has 1 N–H and O–H groups in total. The molecule has 10 heteroatoms. The van der Waals surface area contributed by atoms with Gasteiger partial charge in [0, 0.05) is 36.7 Å². The molecule has 6 rings (SSSR count). The third-order valence-electron chi connectivity index (χ3n) is 7.31. The molecule has 0 aromatic carbocycles. The van der Waals surface area contributed by atoms with Crippen LogP contribution in [0, 0.1) is 17.2 Å². The van der Waals surface area contributed by atoms with Crippen LogP contribution in [-0.4, -0.2) is 44.4 Å². The van der Waals surface area contributed by atoms with E-state index in [0.717, 1.165) is 25.1 Å². The molecular weight excluding hydrogens is 450 g/mol. The highest BCUT2D eigenvalue weighted by Gasteiger charge is 2.75. The van der Waals surface area contributed by atoms with Crippen LogP contribution in [0.4, 0.5) is 23.4 Å². The van der Waals surface area contributed by atoms with E-state index in [0.29, 0.717) is 23.8 Å². The number of anilines is 1. The number of carbonyl (C=O) groups excluding carboxylic acids is 1. The van der Waals surface area contributed by atoms with Crippen LogP contribution in [0.3, 0.4) is 0 Å². The second-order valence-corrected chi connectivity index (χ2v) is 9.15. The first-order valence-electron chi connectivity index (χ1n) is 10.9. The van der Waals surface area contributed by atoms with Gasteiger partial charge < -0.3 is 10.2 Å². The number of rotatable bonds is 4. The number of alkyl halides is 3. The van der Waals surface area contributed by atoms with E-state index in [1.165, 1.54) is 30.6 Å². The lowest BCUT2D eigenvalue weighted by Gasteiger charge is -2.48. The lowest BCUT2D eigenvalue weighted by Crippen LogP contribution is -2.60.